The van der Waals surface area contributed by atoms with E-state index in [-0.39, 0.29) is 0 Å². The Bertz CT molecular complexity index is 155. The summed E-state index contributed by atoms with van der Waals surface area (Å²) in [5, 5.41) is 3.61. The fraction of sp³-hybridized carbons (Fsp3) is 1.00. The van der Waals surface area contributed by atoms with E-state index in [4.69, 9.17) is 0 Å². The van der Waals surface area contributed by atoms with Crippen LogP contribution in [0.4, 0.5) is 0 Å². The molecule has 2 atom stereocenters. The normalized spacial score (nSPS) is 26.4. The zero-order valence-electron chi connectivity index (χ0n) is 10.8. The van der Waals surface area contributed by atoms with Gasteiger partial charge in [-0.05, 0) is 44.3 Å². The van der Waals surface area contributed by atoms with Gasteiger partial charge in [0.05, 0.1) is 0 Å². The lowest BCUT2D eigenvalue weighted by molar-refractivity contribution is 0.298. The molecule has 0 aliphatic heterocycles. The summed E-state index contributed by atoms with van der Waals surface area (Å²) in [4.78, 5) is 2.48. The summed E-state index contributed by atoms with van der Waals surface area (Å²) < 4.78 is 0. The van der Waals surface area contributed by atoms with Crippen LogP contribution in [0.3, 0.4) is 0 Å². The van der Waals surface area contributed by atoms with Crippen LogP contribution in [-0.2, 0) is 0 Å². The maximum atomic E-state index is 3.61. The standard InChI is InChI=1S/C13H28N2/c1-4-15(5-2)9-8-14-11-13-7-6-12(3)10-13/h12-14H,4-11H2,1-3H3. The van der Waals surface area contributed by atoms with Crippen molar-refractivity contribution in [2.75, 3.05) is 32.7 Å². The fourth-order valence-electron chi connectivity index (χ4n) is 2.59. The van der Waals surface area contributed by atoms with Crippen LogP contribution in [-0.4, -0.2) is 37.6 Å². The van der Waals surface area contributed by atoms with Crippen LogP contribution >= 0.6 is 0 Å². The highest BCUT2D eigenvalue weighted by Gasteiger charge is 2.20. The van der Waals surface area contributed by atoms with Crippen LogP contribution in [0.5, 0.6) is 0 Å². The number of nitrogens with one attached hydrogen (secondary N) is 1. The zero-order valence-corrected chi connectivity index (χ0v) is 10.8. The number of nitrogens with zero attached hydrogens (tertiary/aromatic N) is 1. The van der Waals surface area contributed by atoms with Crippen LogP contribution in [0, 0.1) is 11.8 Å². The number of likely N-dealkylation sites (N-methyl/N-ethyl adjacent to an activating group) is 1. The molecular weight excluding hydrogens is 184 g/mol. The average molecular weight is 212 g/mol. The highest BCUT2D eigenvalue weighted by Crippen LogP contribution is 2.29. The van der Waals surface area contributed by atoms with Gasteiger partial charge in [-0.3, -0.25) is 0 Å². The summed E-state index contributed by atoms with van der Waals surface area (Å²) in [6, 6.07) is 0. The maximum Gasteiger partial charge on any atom is 0.0107 e. The van der Waals surface area contributed by atoms with Crippen LogP contribution < -0.4 is 5.32 Å². The van der Waals surface area contributed by atoms with Gasteiger partial charge >= 0.3 is 0 Å². The topological polar surface area (TPSA) is 15.3 Å². The number of hydrogen-bond acceptors (Lipinski definition) is 2. The lowest BCUT2D eigenvalue weighted by Gasteiger charge is -2.19. The van der Waals surface area contributed by atoms with Crippen LogP contribution in [0.2, 0.25) is 0 Å². The van der Waals surface area contributed by atoms with E-state index in [1.54, 1.807) is 0 Å². The van der Waals surface area contributed by atoms with Gasteiger partial charge in [-0.2, -0.15) is 0 Å². The highest BCUT2D eigenvalue weighted by atomic mass is 15.1. The van der Waals surface area contributed by atoms with E-state index in [0.29, 0.717) is 0 Å². The number of hydrogen-bond donors (Lipinski definition) is 1. The minimum absolute atomic E-state index is 0.955. The van der Waals surface area contributed by atoms with Crippen molar-refractivity contribution < 1.29 is 0 Å². The fourth-order valence-corrected chi connectivity index (χ4v) is 2.59. The first kappa shape index (κ1) is 13.0. The highest BCUT2D eigenvalue weighted by molar-refractivity contribution is 4.74. The Hall–Kier alpha value is -0.0800. The van der Waals surface area contributed by atoms with Crippen molar-refractivity contribution in [1.29, 1.82) is 0 Å². The third-order valence-corrected chi connectivity index (χ3v) is 3.74. The molecule has 2 nitrogen and oxygen atoms in total. The Morgan fingerprint density at radius 1 is 1.20 bits per heavy atom. The molecule has 0 bridgehead atoms. The maximum absolute atomic E-state index is 3.61. The first-order chi connectivity index (χ1) is 7.26. The first-order valence-electron chi connectivity index (χ1n) is 6.69. The smallest absolute Gasteiger partial charge is 0.0107 e. The van der Waals surface area contributed by atoms with Crippen molar-refractivity contribution in [2.24, 2.45) is 11.8 Å². The summed E-state index contributed by atoms with van der Waals surface area (Å²) in [7, 11) is 0. The quantitative estimate of drug-likeness (QED) is 0.652. The molecular formula is C13H28N2. The van der Waals surface area contributed by atoms with Crippen molar-refractivity contribution >= 4 is 0 Å². The molecule has 0 aromatic heterocycles. The molecule has 0 spiro atoms. The van der Waals surface area contributed by atoms with Gasteiger partial charge in [0.2, 0.25) is 0 Å². The third-order valence-electron chi connectivity index (χ3n) is 3.74. The summed E-state index contributed by atoms with van der Waals surface area (Å²) in [5.74, 6) is 1.93. The van der Waals surface area contributed by atoms with Gasteiger partial charge in [0.25, 0.3) is 0 Å². The molecule has 2 unspecified atom stereocenters. The van der Waals surface area contributed by atoms with E-state index < -0.39 is 0 Å². The predicted molar refractivity (Wildman–Crippen MR) is 67.2 cm³/mol. The van der Waals surface area contributed by atoms with Crippen molar-refractivity contribution in [3.8, 4) is 0 Å². The number of rotatable bonds is 7. The van der Waals surface area contributed by atoms with Crippen LogP contribution in [0.15, 0.2) is 0 Å². The van der Waals surface area contributed by atoms with Crippen molar-refractivity contribution in [2.45, 2.75) is 40.0 Å². The Balaban J connectivity index is 1.97. The van der Waals surface area contributed by atoms with Gasteiger partial charge < -0.3 is 10.2 Å². The van der Waals surface area contributed by atoms with Crippen molar-refractivity contribution in [1.82, 2.24) is 10.2 Å². The second-order valence-electron chi connectivity index (χ2n) is 5.02. The third kappa shape index (κ3) is 4.98. The van der Waals surface area contributed by atoms with Crippen molar-refractivity contribution in [3.05, 3.63) is 0 Å². The minimum Gasteiger partial charge on any atom is -0.315 e. The van der Waals surface area contributed by atoms with E-state index in [9.17, 15) is 0 Å². The Labute approximate surface area is 95.4 Å². The Morgan fingerprint density at radius 3 is 2.47 bits per heavy atom. The zero-order chi connectivity index (χ0) is 11.1. The van der Waals surface area contributed by atoms with Gasteiger partial charge in [0.1, 0.15) is 0 Å². The van der Waals surface area contributed by atoms with Gasteiger partial charge in [0, 0.05) is 13.1 Å². The van der Waals surface area contributed by atoms with E-state index in [2.05, 4.69) is 31.0 Å². The van der Waals surface area contributed by atoms with E-state index in [1.807, 2.05) is 0 Å². The average Bonchev–Trinajstić information content (AvgIpc) is 2.65. The van der Waals surface area contributed by atoms with Crippen LogP contribution in [0.25, 0.3) is 0 Å². The molecule has 0 saturated heterocycles. The summed E-state index contributed by atoms with van der Waals surface area (Å²) in [5.41, 5.74) is 0. The second-order valence-corrected chi connectivity index (χ2v) is 5.02. The molecule has 1 aliphatic rings. The lowest BCUT2D eigenvalue weighted by Crippen LogP contribution is -2.33. The molecule has 15 heavy (non-hydrogen) atoms. The first-order valence-corrected chi connectivity index (χ1v) is 6.69. The van der Waals surface area contributed by atoms with Crippen LogP contribution in [0.1, 0.15) is 40.0 Å². The second kappa shape index (κ2) is 7.24. The Kier molecular flexibility index (Phi) is 6.26. The van der Waals surface area contributed by atoms with Gasteiger partial charge in [-0.1, -0.05) is 27.2 Å². The van der Waals surface area contributed by atoms with E-state index in [0.717, 1.165) is 18.4 Å². The largest absolute Gasteiger partial charge is 0.315 e. The molecule has 1 fully saturated rings. The predicted octanol–water partition coefficient (Wildman–Crippen LogP) is 2.35. The van der Waals surface area contributed by atoms with E-state index >= 15 is 0 Å². The molecule has 0 aromatic rings. The molecule has 1 saturated carbocycles. The molecule has 1 N–H and O–H groups in total. The summed E-state index contributed by atoms with van der Waals surface area (Å²) in [6.07, 6.45) is 4.33. The molecule has 1 rings (SSSR count). The minimum atomic E-state index is 0.955. The van der Waals surface area contributed by atoms with Gasteiger partial charge in [-0.25, -0.2) is 0 Å². The molecule has 2 heteroatoms. The van der Waals surface area contributed by atoms with E-state index in [1.165, 1.54) is 45.4 Å². The monoisotopic (exact) mass is 212 g/mol. The Morgan fingerprint density at radius 2 is 1.93 bits per heavy atom. The summed E-state index contributed by atoms with van der Waals surface area (Å²) >= 11 is 0. The SMILES string of the molecule is CCN(CC)CCNCC1CCC(C)C1. The molecule has 1 aliphatic carbocycles. The van der Waals surface area contributed by atoms with Crippen molar-refractivity contribution in [3.63, 3.8) is 0 Å². The molecule has 0 radical (unpaired) electrons. The lowest BCUT2D eigenvalue weighted by atomic mass is 10.1. The molecule has 0 aromatic carbocycles. The summed E-state index contributed by atoms with van der Waals surface area (Å²) in [6.45, 7) is 12.8. The molecule has 90 valence electrons. The molecule has 0 heterocycles. The molecule has 0 amide bonds. The van der Waals surface area contributed by atoms with Gasteiger partial charge in [0.15, 0.2) is 0 Å². The van der Waals surface area contributed by atoms with Gasteiger partial charge in [-0.15, -0.1) is 0 Å².